The minimum Gasteiger partial charge on any atom is -0.481 e. The van der Waals surface area contributed by atoms with Crippen molar-refractivity contribution in [1.29, 1.82) is 0 Å². The minimum absolute atomic E-state index is 0.0346. The van der Waals surface area contributed by atoms with Gasteiger partial charge in [0.2, 0.25) is 0 Å². The average Bonchev–Trinajstić information content (AvgIpc) is 2.83. The first kappa shape index (κ1) is 14.3. The van der Waals surface area contributed by atoms with Crippen LogP contribution in [0.2, 0.25) is 0 Å². The van der Waals surface area contributed by atoms with E-state index in [1.54, 1.807) is 6.33 Å². The molecule has 2 rings (SSSR count). The van der Waals surface area contributed by atoms with Gasteiger partial charge in [-0.1, -0.05) is 11.8 Å². The Labute approximate surface area is 117 Å². The number of carboxylic acids is 1. The van der Waals surface area contributed by atoms with Crippen LogP contribution in [-0.4, -0.2) is 56.6 Å². The molecule has 1 N–H and O–H groups in total. The van der Waals surface area contributed by atoms with Gasteiger partial charge in [0.25, 0.3) is 0 Å². The van der Waals surface area contributed by atoms with Gasteiger partial charge in [0.15, 0.2) is 5.16 Å². The lowest BCUT2D eigenvalue weighted by Crippen LogP contribution is -2.30. The second-order valence-corrected chi connectivity index (χ2v) is 5.97. The molecule has 0 atom stereocenters. The first-order valence-electron chi connectivity index (χ1n) is 6.56. The zero-order valence-corrected chi connectivity index (χ0v) is 12.0. The van der Waals surface area contributed by atoms with Gasteiger partial charge >= 0.3 is 5.97 Å². The summed E-state index contributed by atoms with van der Waals surface area (Å²) in [6, 6.07) is 0. The molecule has 7 heteroatoms. The second kappa shape index (κ2) is 6.91. The number of carbonyl (C=O) groups is 1. The molecule has 106 valence electrons. The van der Waals surface area contributed by atoms with E-state index in [1.165, 1.54) is 37.7 Å². The number of carboxylic acid groups (broad SMARTS) is 1. The van der Waals surface area contributed by atoms with Crippen molar-refractivity contribution in [1.82, 2.24) is 19.7 Å². The van der Waals surface area contributed by atoms with Gasteiger partial charge < -0.3 is 14.6 Å². The molecule has 2 heterocycles. The SMILES string of the molecule is CN1CCC(CCn2cnnc2SCC(=O)O)CC1. The van der Waals surface area contributed by atoms with E-state index in [-0.39, 0.29) is 5.75 Å². The number of likely N-dealkylation sites (tertiary alicyclic amines) is 1. The molecule has 6 nitrogen and oxygen atoms in total. The molecule has 1 fully saturated rings. The zero-order valence-electron chi connectivity index (χ0n) is 11.2. The third kappa shape index (κ3) is 4.50. The highest BCUT2D eigenvalue weighted by atomic mass is 32.2. The summed E-state index contributed by atoms with van der Waals surface area (Å²) in [6.07, 6.45) is 5.30. The van der Waals surface area contributed by atoms with E-state index in [0.717, 1.165) is 18.9 Å². The molecule has 0 radical (unpaired) electrons. The number of rotatable bonds is 6. The molecule has 0 aromatic carbocycles. The number of nitrogens with zero attached hydrogens (tertiary/aromatic N) is 4. The smallest absolute Gasteiger partial charge is 0.313 e. The normalized spacial score (nSPS) is 17.7. The Balaban J connectivity index is 1.79. The predicted octanol–water partition coefficient (Wildman–Crippen LogP) is 1.19. The summed E-state index contributed by atoms with van der Waals surface area (Å²) < 4.78 is 1.96. The van der Waals surface area contributed by atoms with Crippen molar-refractivity contribution in [3.8, 4) is 0 Å². The van der Waals surface area contributed by atoms with Crippen molar-refractivity contribution in [3.05, 3.63) is 6.33 Å². The highest BCUT2D eigenvalue weighted by Crippen LogP contribution is 2.22. The molecule has 0 aliphatic carbocycles. The van der Waals surface area contributed by atoms with Gasteiger partial charge in [0, 0.05) is 6.54 Å². The van der Waals surface area contributed by atoms with Gasteiger partial charge in [-0.25, -0.2) is 0 Å². The molecule has 1 aliphatic rings. The largest absolute Gasteiger partial charge is 0.481 e. The second-order valence-electron chi connectivity index (χ2n) is 5.02. The number of hydrogen-bond donors (Lipinski definition) is 1. The molecule has 19 heavy (non-hydrogen) atoms. The maximum absolute atomic E-state index is 10.6. The van der Waals surface area contributed by atoms with Crippen LogP contribution in [0.1, 0.15) is 19.3 Å². The lowest BCUT2D eigenvalue weighted by Gasteiger charge is -2.28. The van der Waals surface area contributed by atoms with Crippen LogP contribution in [0.5, 0.6) is 0 Å². The Bertz CT molecular complexity index is 416. The Kier molecular flexibility index (Phi) is 5.21. The van der Waals surface area contributed by atoms with Gasteiger partial charge in [-0.3, -0.25) is 4.79 Å². The number of aliphatic carboxylic acids is 1. The number of aryl methyl sites for hydroxylation is 1. The Morgan fingerprint density at radius 2 is 2.26 bits per heavy atom. The molecular weight excluding hydrogens is 264 g/mol. The van der Waals surface area contributed by atoms with E-state index >= 15 is 0 Å². The van der Waals surface area contributed by atoms with Crippen molar-refractivity contribution in [2.75, 3.05) is 25.9 Å². The minimum atomic E-state index is -0.824. The maximum atomic E-state index is 10.6. The Hall–Kier alpha value is -1.08. The first-order valence-corrected chi connectivity index (χ1v) is 7.54. The molecule has 0 saturated carbocycles. The average molecular weight is 284 g/mol. The van der Waals surface area contributed by atoms with E-state index < -0.39 is 5.97 Å². The summed E-state index contributed by atoms with van der Waals surface area (Å²) in [5.74, 6) is -0.0294. The van der Waals surface area contributed by atoms with Crippen LogP contribution in [-0.2, 0) is 11.3 Å². The standard InChI is InChI=1S/C12H20N4O2S/c1-15-5-2-10(3-6-15)4-7-16-9-13-14-12(16)19-8-11(17)18/h9-10H,2-8H2,1H3,(H,17,18). The molecule has 0 amide bonds. The quantitative estimate of drug-likeness (QED) is 0.791. The lowest BCUT2D eigenvalue weighted by atomic mass is 9.94. The summed E-state index contributed by atoms with van der Waals surface area (Å²) in [5.41, 5.74) is 0. The number of piperidine rings is 1. The molecule has 1 aromatic heterocycles. The van der Waals surface area contributed by atoms with Crippen molar-refractivity contribution in [2.24, 2.45) is 5.92 Å². The van der Waals surface area contributed by atoms with Crippen molar-refractivity contribution in [3.63, 3.8) is 0 Å². The predicted molar refractivity (Wildman–Crippen MR) is 73.2 cm³/mol. The van der Waals surface area contributed by atoms with Gasteiger partial charge in [-0.15, -0.1) is 10.2 Å². The van der Waals surface area contributed by atoms with Crippen LogP contribution in [0.3, 0.4) is 0 Å². The highest BCUT2D eigenvalue weighted by molar-refractivity contribution is 7.99. The van der Waals surface area contributed by atoms with Crippen LogP contribution in [0.25, 0.3) is 0 Å². The van der Waals surface area contributed by atoms with Crippen LogP contribution in [0.15, 0.2) is 11.5 Å². The van der Waals surface area contributed by atoms with Gasteiger partial charge in [-0.2, -0.15) is 0 Å². The number of aromatic nitrogens is 3. The van der Waals surface area contributed by atoms with E-state index in [4.69, 9.17) is 5.11 Å². The van der Waals surface area contributed by atoms with E-state index in [2.05, 4.69) is 22.1 Å². The van der Waals surface area contributed by atoms with Crippen LogP contribution in [0, 0.1) is 5.92 Å². The molecule has 0 bridgehead atoms. The maximum Gasteiger partial charge on any atom is 0.313 e. The highest BCUT2D eigenvalue weighted by Gasteiger charge is 2.17. The summed E-state index contributed by atoms with van der Waals surface area (Å²) in [4.78, 5) is 12.9. The third-order valence-electron chi connectivity index (χ3n) is 3.52. The lowest BCUT2D eigenvalue weighted by molar-refractivity contribution is -0.133. The molecule has 1 aromatic rings. The van der Waals surface area contributed by atoms with Crippen LogP contribution >= 0.6 is 11.8 Å². The fraction of sp³-hybridized carbons (Fsp3) is 0.750. The van der Waals surface area contributed by atoms with Gasteiger partial charge in [-0.05, 0) is 45.3 Å². The molecular formula is C12H20N4O2S. The molecule has 0 spiro atoms. The zero-order chi connectivity index (χ0) is 13.7. The fourth-order valence-corrected chi connectivity index (χ4v) is 2.97. The molecule has 1 saturated heterocycles. The van der Waals surface area contributed by atoms with Crippen LogP contribution < -0.4 is 0 Å². The summed E-state index contributed by atoms with van der Waals surface area (Å²) >= 11 is 1.23. The van der Waals surface area contributed by atoms with E-state index in [0.29, 0.717) is 5.16 Å². The van der Waals surface area contributed by atoms with Crippen molar-refractivity contribution >= 4 is 17.7 Å². The monoisotopic (exact) mass is 284 g/mol. The van der Waals surface area contributed by atoms with E-state index in [9.17, 15) is 4.79 Å². The molecule has 0 unspecified atom stereocenters. The topological polar surface area (TPSA) is 71.2 Å². The fourth-order valence-electron chi connectivity index (χ4n) is 2.31. The Morgan fingerprint density at radius 1 is 1.53 bits per heavy atom. The third-order valence-corrected chi connectivity index (χ3v) is 4.49. The van der Waals surface area contributed by atoms with Gasteiger partial charge in [0.05, 0.1) is 5.75 Å². The Morgan fingerprint density at radius 3 is 2.95 bits per heavy atom. The first-order chi connectivity index (χ1) is 9.15. The van der Waals surface area contributed by atoms with Crippen molar-refractivity contribution < 1.29 is 9.90 Å². The van der Waals surface area contributed by atoms with Crippen LogP contribution in [0.4, 0.5) is 0 Å². The summed E-state index contributed by atoms with van der Waals surface area (Å²) in [7, 11) is 2.16. The van der Waals surface area contributed by atoms with E-state index in [1.807, 2.05) is 4.57 Å². The van der Waals surface area contributed by atoms with Gasteiger partial charge in [0.1, 0.15) is 6.33 Å². The summed E-state index contributed by atoms with van der Waals surface area (Å²) in [6.45, 7) is 3.23. The van der Waals surface area contributed by atoms with Crippen molar-refractivity contribution in [2.45, 2.75) is 31.0 Å². The summed E-state index contributed by atoms with van der Waals surface area (Å²) in [5, 5.41) is 17.2. The number of thioether (sulfide) groups is 1. The molecule has 1 aliphatic heterocycles. The number of hydrogen-bond acceptors (Lipinski definition) is 5.